The van der Waals surface area contributed by atoms with E-state index in [4.69, 9.17) is 0 Å². The number of carbonyl (C=O) groups is 2. The van der Waals surface area contributed by atoms with E-state index < -0.39 is 28.5 Å². The van der Waals surface area contributed by atoms with Crippen LogP contribution in [-0.4, -0.2) is 44.3 Å². The Kier molecular flexibility index (Phi) is 9.88. The predicted octanol–water partition coefficient (Wildman–Crippen LogP) is 4.76. The lowest BCUT2D eigenvalue weighted by atomic mass is 10.1. The second-order valence-corrected chi connectivity index (χ2v) is 11.3. The average Bonchev–Trinajstić information content (AvgIpc) is 2.91. The molecule has 0 bridgehead atoms. The molecule has 3 aromatic rings. The van der Waals surface area contributed by atoms with Crippen LogP contribution in [0.2, 0.25) is 0 Å². The van der Waals surface area contributed by atoms with Crippen molar-refractivity contribution in [1.82, 2.24) is 10.2 Å². The molecule has 0 saturated carbocycles. The Balaban J connectivity index is 2.05. The van der Waals surface area contributed by atoms with Crippen LogP contribution < -0.4 is 9.62 Å². The number of carbonyl (C=O) groups excluding carboxylic acids is 2. The molecule has 0 unspecified atom stereocenters. The van der Waals surface area contributed by atoms with E-state index in [-0.39, 0.29) is 17.3 Å². The summed E-state index contributed by atoms with van der Waals surface area (Å²) in [6, 6.07) is 21.8. The zero-order valence-electron chi connectivity index (χ0n) is 21.2. The molecule has 0 spiro atoms. The van der Waals surface area contributed by atoms with E-state index >= 15 is 0 Å². The highest BCUT2D eigenvalue weighted by Crippen LogP contribution is 2.28. The molecule has 0 heterocycles. The highest BCUT2D eigenvalue weighted by Gasteiger charge is 2.33. The van der Waals surface area contributed by atoms with Gasteiger partial charge in [0.1, 0.15) is 12.6 Å². The quantitative estimate of drug-likeness (QED) is 0.351. The van der Waals surface area contributed by atoms with Gasteiger partial charge in [0.2, 0.25) is 11.8 Å². The van der Waals surface area contributed by atoms with Crippen molar-refractivity contribution < 1.29 is 18.0 Å². The van der Waals surface area contributed by atoms with E-state index in [1.54, 1.807) is 44.2 Å². The molecule has 1 atom stereocenters. The number of amides is 2. The van der Waals surface area contributed by atoms with Crippen LogP contribution in [0.25, 0.3) is 0 Å². The summed E-state index contributed by atoms with van der Waals surface area (Å²) >= 11 is 3.41. The molecule has 2 amide bonds. The highest BCUT2D eigenvalue weighted by atomic mass is 79.9. The van der Waals surface area contributed by atoms with Crippen LogP contribution in [0.3, 0.4) is 0 Å². The first kappa shape index (κ1) is 28.4. The Morgan fingerprint density at radius 2 is 1.54 bits per heavy atom. The zero-order valence-corrected chi connectivity index (χ0v) is 23.6. The molecule has 0 radical (unpaired) electrons. The van der Waals surface area contributed by atoms with E-state index in [2.05, 4.69) is 21.2 Å². The van der Waals surface area contributed by atoms with E-state index in [9.17, 15) is 18.0 Å². The van der Waals surface area contributed by atoms with E-state index in [1.165, 1.54) is 17.0 Å². The monoisotopic (exact) mass is 585 g/mol. The van der Waals surface area contributed by atoms with Crippen LogP contribution in [0.15, 0.2) is 88.2 Å². The van der Waals surface area contributed by atoms with Crippen molar-refractivity contribution in [3.63, 3.8) is 0 Å². The van der Waals surface area contributed by atoms with Crippen LogP contribution >= 0.6 is 15.9 Å². The van der Waals surface area contributed by atoms with Crippen molar-refractivity contribution in [3.8, 4) is 0 Å². The third-order valence-corrected chi connectivity index (χ3v) is 8.34. The number of nitrogens with one attached hydrogen (secondary N) is 1. The lowest BCUT2D eigenvalue weighted by molar-refractivity contribution is -0.139. The summed E-state index contributed by atoms with van der Waals surface area (Å²) in [6.45, 7) is 5.51. The zero-order chi connectivity index (χ0) is 27.0. The van der Waals surface area contributed by atoms with Gasteiger partial charge in [-0.15, -0.1) is 0 Å². The predicted molar refractivity (Wildman–Crippen MR) is 150 cm³/mol. The van der Waals surface area contributed by atoms with Gasteiger partial charge in [0, 0.05) is 17.6 Å². The topological polar surface area (TPSA) is 86.8 Å². The first-order chi connectivity index (χ1) is 17.7. The van der Waals surface area contributed by atoms with E-state index in [0.717, 1.165) is 19.9 Å². The van der Waals surface area contributed by atoms with Crippen LogP contribution in [0.1, 0.15) is 31.9 Å². The Hall–Kier alpha value is -3.17. The van der Waals surface area contributed by atoms with Crippen LogP contribution in [-0.2, 0) is 32.6 Å². The maximum absolute atomic E-state index is 13.9. The number of nitrogens with zero attached hydrogens (tertiary/aromatic N) is 2. The molecule has 37 heavy (non-hydrogen) atoms. The minimum Gasteiger partial charge on any atom is -0.355 e. The van der Waals surface area contributed by atoms with Crippen molar-refractivity contribution in [2.75, 3.05) is 17.4 Å². The molecule has 9 heteroatoms. The second kappa shape index (κ2) is 12.9. The number of likely N-dealkylation sites (N-methyl/N-ethyl adjacent to an activating group) is 1. The Bertz CT molecular complexity index is 1310. The number of sulfonamides is 1. The second-order valence-electron chi connectivity index (χ2n) is 8.53. The van der Waals surface area contributed by atoms with Gasteiger partial charge in [0.05, 0.1) is 10.6 Å². The third kappa shape index (κ3) is 6.99. The fourth-order valence-electron chi connectivity index (χ4n) is 3.98. The van der Waals surface area contributed by atoms with E-state index in [0.29, 0.717) is 18.7 Å². The van der Waals surface area contributed by atoms with Crippen molar-refractivity contribution >= 4 is 43.5 Å². The smallest absolute Gasteiger partial charge is 0.264 e. The third-order valence-electron chi connectivity index (χ3n) is 6.04. The van der Waals surface area contributed by atoms with Crippen LogP contribution in [0, 0.1) is 0 Å². The summed E-state index contributed by atoms with van der Waals surface area (Å²) in [7, 11) is -4.07. The number of para-hydroxylation sites is 1. The molecule has 0 fully saturated rings. The average molecular weight is 587 g/mol. The molecule has 0 aliphatic carbocycles. The molecular weight excluding hydrogens is 554 g/mol. The maximum atomic E-state index is 13.9. The maximum Gasteiger partial charge on any atom is 0.264 e. The van der Waals surface area contributed by atoms with Gasteiger partial charge in [-0.1, -0.05) is 71.4 Å². The lowest BCUT2D eigenvalue weighted by Crippen LogP contribution is -2.51. The van der Waals surface area contributed by atoms with Gasteiger partial charge in [-0.05, 0) is 61.7 Å². The molecule has 196 valence electrons. The van der Waals surface area contributed by atoms with Gasteiger partial charge < -0.3 is 10.2 Å². The highest BCUT2D eigenvalue weighted by molar-refractivity contribution is 9.10. The first-order valence-corrected chi connectivity index (χ1v) is 14.4. The molecule has 7 nitrogen and oxygen atoms in total. The Labute approximate surface area is 227 Å². The Morgan fingerprint density at radius 1 is 0.919 bits per heavy atom. The molecule has 3 rings (SSSR count). The number of hydrogen-bond donors (Lipinski definition) is 1. The summed E-state index contributed by atoms with van der Waals surface area (Å²) in [5, 5.41) is 2.76. The fourth-order valence-corrected chi connectivity index (χ4v) is 5.71. The number of halogens is 1. The summed E-state index contributed by atoms with van der Waals surface area (Å²) in [4.78, 5) is 28.1. The summed E-state index contributed by atoms with van der Waals surface area (Å²) in [5.74, 6) is -0.786. The summed E-state index contributed by atoms with van der Waals surface area (Å²) in [6.07, 6.45) is 0.586. The number of hydrogen-bond acceptors (Lipinski definition) is 4. The normalized spacial score (nSPS) is 12.0. The standard InChI is InChI=1S/C28H32BrN3O4S/c1-4-23-11-9-10-14-26(23)32(37(35,36)25-12-7-6-8-13-25)20-27(33)31(21(3)28(34)30-5-2)19-22-15-17-24(29)18-16-22/h6-18,21H,4-5,19-20H2,1-3H3,(H,30,34)/t21-/m1/s1. The van der Waals surface area contributed by atoms with Crippen LogP contribution in [0.4, 0.5) is 5.69 Å². The number of anilines is 1. The van der Waals surface area contributed by atoms with Gasteiger partial charge in [-0.25, -0.2) is 8.42 Å². The van der Waals surface area contributed by atoms with Crippen molar-refractivity contribution in [2.45, 2.75) is 44.7 Å². The van der Waals surface area contributed by atoms with Gasteiger partial charge in [-0.3, -0.25) is 13.9 Å². The van der Waals surface area contributed by atoms with Crippen molar-refractivity contribution in [3.05, 3.63) is 94.5 Å². The molecule has 0 aromatic heterocycles. The van der Waals surface area contributed by atoms with Gasteiger partial charge in [0.15, 0.2) is 0 Å². The van der Waals surface area contributed by atoms with Crippen molar-refractivity contribution in [2.24, 2.45) is 0 Å². The molecule has 3 aromatic carbocycles. The largest absolute Gasteiger partial charge is 0.355 e. The molecule has 0 aliphatic rings. The fraction of sp³-hybridized carbons (Fsp3) is 0.286. The summed E-state index contributed by atoms with van der Waals surface area (Å²) in [5.41, 5.74) is 2.06. The van der Waals surface area contributed by atoms with Gasteiger partial charge >= 0.3 is 0 Å². The SMILES string of the molecule is CCNC(=O)[C@@H](C)N(Cc1ccc(Br)cc1)C(=O)CN(c1ccccc1CC)S(=O)(=O)c1ccccc1. The molecule has 0 saturated heterocycles. The minimum absolute atomic E-state index is 0.0879. The number of benzene rings is 3. The van der Waals surface area contributed by atoms with Crippen molar-refractivity contribution in [1.29, 1.82) is 0 Å². The number of rotatable bonds is 11. The van der Waals surface area contributed by atoms with Gasteiger partial charge in [-0.2, -0.15) is 0 Å². The Morgan fingerprint density at radius 3 is 2.16 bits per heavy atom. The molecule has 0 aliphatic heterocycles. The lowest BCUT2D eigenvalue weighted by Gasteiger charge is -2.32. The minimum atomic E-state index is -4.07. The van der Waals surface area contributed by atoms with Crippen LogP contribution in [0.5, 0.6) is 0 Å². The number of aryl methyl sites for hydroxylation is 1. The summed E-state index contributed by atoms with van der Waals surface area (Å²) < 4.78 is 29.7. The first-order valence-electron chi connectivity index (χ1n) is 12.2. The van der Waals surface area contributed by atoms with E-state index in [1.807, 2.05) is 43.3 Å². The molecule has 1 N–H and O–H groups in total. The molecular formula is C28H32BrN3O4S. The van der Waals surface area contributed by atoms with Gasteiger partial charge in [0.25, 0.3) is 10.0 Å².